The molecule has 2 aromatic carbocycles. The van der Waals surface area contributed by atoms with E-state index in [1.807, 2.05) is 34.4 Å². The summed E-state index contributed by atoms with van der Waals surface area (Å²) in [6, 6.07) is 14.9. The number of ether oxygens (including phenoxy) is 1. The van der Waals surface area contributed by atoms with Gasteiger partial charge in [0.2, 0.25) is 0 Å². The van der Waals surface area contributed by atoms with E-state index in [1.54, 1.807) is 7.11 Å². The maximum Gasteiger partial charge on any atom is 0.134 e. The second-order valence-corrected chi connectivity index (χ2v) is 6.69. The summed E-state index contributed by atoms with van der Waals surface area (Å²) in [5, 5.41) is 0. The minimum atomic E-state index is -0.499. The summed E-state index contributed by atoms with van der Waals surface area (Å²) >= 11 is 0. The van der Waals surface area contributed by atoms with E-state index >= 15 is 0 Å². The van der Waals surface area contributed by atoms with Gasteiger partial charge in [0, 0.05) is 64.9 Å². The van der Waals surface area contributed by atoms with Crippen LogP contribution >= 0.6 is 0 Å². The van der Waals surface area contributed by atoms with E-state index in [-0.39, 0.29) is 0 Å². The molecule has 0 aromatic heterocycles. The van der Waals surface area contributed by atoms with Crippen molar-refractivity contribution in [2.75, 3.05) is 45.1 Å². The quantitative estimate of drug-likeness (QED) is 0.841. The zero-order chi connectivity index (χ0) is 17.3. The van der Waals surface area contributed by atoms with Crippen molar-refractivity contribution in [2.24, 2.45) is 4.99 Å². The standard InChI is InChI=1S/C20H25N3O/c1-22(2)16-8-6-15(7-9-16)13-20(24-5)14-21-19-11-10-17(23(3)4)12-18(19)20/h6-12,14H,13H2,1-5H3. The van der Waals surface area contributed by atoms with Crippen molar-refractivity contribution in [2.45, 2.75) is 12.0 Å². The van der Waals surface area contributed by atoms with Crippen LogP contribution in [0.5, 0.6) is 0 Å². The van der Waals surface area contributed by atoms with Crippen molar-refractivity contribution >= 4 is 23.3 Å². The molecule has 126 valence electrons. The van der Waals surface area contributed by atoms with Gasteiger partial charge in [0.1, 0.15) is 5.60 Å². The molecule has 0 bridgehead atoms. The second kappa shape index (κ2) is 6.29. The third-order valence-electron chi connectivity index (χ3n) is 4.65. The van der Waals surface area contributed by atoms with Gasteiger partial charge in [0.15, 0.2) is 0 Å². The van der Waals surface area contributed by atoms with Gasteiger partial charge in [0.05, 0.1) is 5.69 Å². The Morgan fingerprint density at radius 3 is 2.12 bits per heavy atom. The van der Waals surface area contributed by atoms with E-state index in [2.05, 4.69) is 57.3 Å². The molecule has 0 saturated carbocycles. The number of anilines is 2. The lowest BCUT2D eigenvalue weighted by molar-refractivity contribution is 0.0552. The van der Waals surface area contributed by atoms with Gasteiger partial charge < -0.3 is 14.5 Å². The van der Waals surface area contributed by atoms with Crippen LogP contribution in [0.2, 0.25) is 0 Å². The number of aliphatic imine (C=N–C) groups is 1. The maximum atomic E-state index is 5.96. The van der Waals surface area contributed by atoms with Crippen LogP contribution in [0.25, 0.3) is 0 Å². The molecule has 0 aliphatic carbocycles. The van der Waals surface area contributed by atoms with Crippen molar-refractivity contribution in [3.63, 3.8) is 0 Å². The molecule has 1 aliphatic heterocycles. The molecular formula is C20H25N3O. The molecule has 4 heteroatoms. The van der Waals surface area contributed by atoms with Gasteiger partial charge in [-0.15, -0.1) is 0 Å². The second-order valence-electron chi connectivity index (χ2n) is 6.69. The zero-order valence-electron chi connectivity index (χ0n) is 15.1. The Hall–Kier alpha value is -2.33. The molecule has 0 N–H and O–H groups in total. The van der Waals surface area contributed by atoms with E-state index in [4.69, 9.17) is 4.74 Å². The summed E-state index contributed by atoms with van der Waals surface area (Å²) < 4.78 is 5.96. The van der Waals surface area contributed by atoms with Crippen LogP contribution in [-0.2, 0) is 16.8 Å². The minimum Gasteiger partial charge on any atom is -0.378 e. The van der Waals surface area contributed by atoms with Crippen molar-refractivity contribution in [1.29, 1.82) is 0 Å². The van der Waals surface area contributed by atoms with Gasteiger partial charge in [-0.2, -0.15) is 0 Å². The van der Waals surface area contributed by atoms with Crippen molar-refractivity contribution in [1.82, 2.24) is 0 Å². The Morgan fingerprint density at radius 1 is 0.917 bits per heavy atom. The summed E-state index contributed by atoms with van der Waals surface area (Å²) in [5.41, 5.74) is 5.21. The maximum absolute atomic E-state index is 5.96. The molecular weight excluding hydrogens is 298 g/mol. The van der Waals surface area contributed by atoms with Gasteiger partial charge >= 0.3 is 0 Å². The molecule has 2 aromatic rings. The SMILES string of the molecule is COC1(Cc2ccc(N(C)C)cc2)C=Nc2ccc(N(C)C)cc21. The first-order valence-corrected chi connectivity index (χ1v) is 8.14. The molecule has 1 unspecified atom stereocenters. The molecule has 1 atom stereocenters. The van der Waals surface area contributed by atoms with Crippen LogP contribution < -0.4 is 9.80 Å². The molecule has 24 heavy (non-hydrogen) atoms. The van der Waals surface area contributed by atoms with Gasteiger partial charge in [-0.05, 0) is 35.9 Å². The summed E-state index contributed by atoms with van der Waals surface area (Å²) in [6.45, 7) is 0. The Balaban J connectivity index is 1.94. The molecule has 0 spiro atoms. The molecule has 1 aliphatic rings. The number of nitrogens with zero attached hydrogens (tertiary/aromatic N) is 3. The van der Waals surface area contributed by atoms with Crippen LogP contribution in [0.4, 0.5) is 17.1 Å². The smallest absolute Gasteiger partial charge is 0.134 e. The van der Waals surface area contributed by atoms with Crippen molar-refractivity contribution in [3.8, 4) is 0 Å². The van der Waals surface area contributed by atoms with Gasteiger partial charge in [-0.3, -0.25) is 4.99 Å². The Kier molecular flexibility index (Phi) is 4.33. The van der Waals surface area contributed by atoms with Crippen molar-refractivity contribution in [3.05, 3.63) is 53.6 Å². The number of benzene rings is 2. The van der Waals surface area contributed by atoms with E-state index in [0.29, 0.717) is 0 Å². The average molecular weight is 323 g/mol. The lowest BCUT2D eigenvalue weighted by atomic mass is 9.88. The van der Waals surface area contributed by atoms with Gasteiger partial charge in [-0.25, -0.2) is 0 Å². The summed E-state index contributed by atoms with van der Waals surface area (Å²) in [6.07, 6.45) is 2.71. The van der Waals surface area contributed by atoms with E-state index in [0.717, 1.165) is 23.4 Å². The van der Waals surface area contributed by atoms with E-state index < -0.39 is 5.60 Å². The van der Waals surface area contributed by atoms with Crippen LogP contribution in [0.1, 0.15) is 11.1 Å². The van der Waals surface area contributed by atoms with Crippen molar-refractivity contribution < 1.29 is 4.74 Å². The molecule has 0 radical (unpaired) electrons. The molecule has 1 heterocycles. The van der Waals surface area contributed by atoms with Crippen LogP contribution in [-0.4, -0.2) is 41.5 Å². The summed E-state index contributed by atoms with van der Waals surface area (Å²) in [7, 11) is 9.96. The highest BCUT2D eigenvalue weighted by molar-refractivity contribution is 5.85. The number of hydrogen-bond acceptors (Lipinski definition) is 4. The topological polar surface area (TPSA) is 28.1 Å². The van der Waals surface area contributed by atoms with Crippen LogP contribution in [0, 0.1) is 0 Å². The normalized spacial score (nSPS) is 18.5. The predicted molar refractivity (Wildman–Crippen MR) is 102 cm³/mol. The Bertz CT molecular complexity index is 750. The molecule has 3 rings (SSSR count). The minimum absolute atomic E-state index is 0.499. The first-order valence-electron chi connectivity index (χ1n) is 8.14. The predicted octanol–water partition coefficient (Wildman–Crippen LogP) is 3.62. The Morgan fingerprint density at radius 2 is 1.54 bits per heavy atom. The third kappa shape index (κ3) is 2.89. The molecule has 0 amide bonds. The van der Waals surface area contributed by atoms with E-state index in [1.165, 1.54) is 11.3 Å². The molecule has 0 saturated heterocycles. The van der Waals surface area contributed by atoms with Gasteiger partial charge in [0.25, 0.3) is 0 Å². The molecule has 0 fully saturated rings. The highest BCUT2D eigenvalue weighted by Gasteiger charge is 2.37. The van der Waals surface area contributed by atoms with Gasteiger partial charge in [-0.1, -0.05) is 12.1 Å². The highest BCUT2D eigenvalue weighted by atomic mass is 16.5. The Labute approximate surface area is 144 Å². The molecule has 4 nitrogen and oxygen atoms in total. The summed E-state index contributed by atoms with van der Waals surface area (Å²) in [5.74, 6) is 0. The number of rotatable bonds is 5. The third-order valence-corrected chi connectivity index (χ3v) is 4.65. The first-order chi connectivity index (χ1) is 11.4. The van der Waals surface area contributed by atoms with E-state index in [9.17, 15) is 0 Å². The zero-order valence-corrected chi connectivity index (χ0v) is 15.1. The lowest BCUT2D eigenvalue weighted by Crippen LogP contribution is -2.31. The largest absolute Gasteiger partial charge is 0.378 e. The fourth-order valence-electron chi connectivity index (χ4n) is 3.09. The van der Waals surface area contributed by atoms with Crippen LogP contribution in [0.15, 0.2) is 47.5 Å². The fraction of sp³-hybridized carbons (Fsp3) is 0.350. The van der Waals surface area contributed by atoms with Crippen LogP contribution in [0.3, 0.4) is 0 Å². The fourth-order valence-corrected chi connectivity index (χ4v) is 3.09. The number of methoxy groups -OCH3 is 1. The monoisotopic (exact) mass is 323 g/mol. The first kappa shape index (κ1) is 16.5. The highest BCUT2D eigenvalue weighted by Crippen LogP contribution is 2.41. The number of hydrogen-bond donors (Lipinski definition) is 0. The summed E-state index contributed by atoms with van der Waals surface area (Å²) in [4.78, 5) is 8.79. The average Bonchev–Trinajstić information content (AvgIpc) is 2.94. The lowest BCUT2D eigenvalue weighted by Gasteiger charge is -2.27. The number of fused-ring (bicyclic) bond motifs is 1.